The number of carbonyl (C=O) groups excluding carboxylic acids is 1. The summed E-state index contributed by atoms with van der Waals surface area (Å²) in [6, 6.07) is 3.97. The standard InChI is InChI=1S/C18H20N4O2/c23-9-1-2-14-3-4-15-10-19-17(12-22(14)15)18(24)20-16-11-21-7-5-13(16)6-8-21/h3-4,10,12-13,16,23H,5-9,11H2,(H,20,24)/t16-/m0/s1. The first-order valence-corrected chi connectivity index (χ1v) is 8.34. The van der Waals surface area contributed by atoms with Crippen LogP contribution in [0.3, 0.4) is 0 Å². The molecule has 1 atom stereocenters. The van der Waals surface area contributed by atoms with Crippen LogP contribution in [0.15, 0.2) is 24.5 Å². The zero-order valence-corrected chi connectivity index (χ0v) is 13.4. The Balaban J connectivity index is 1.55. The van der Waals surface area contributed by atoms with E-state index in [0.29, 0.717) is 11.6 Å². The van der Waals surface area contributed by atoms with Crippen molar-refractivity contribution < 1.29 is 9.90 Å². The molecule has 5 rings (SSSR count). The second-order valence-corrected chi connectivity index (χ2v) is 6.46. The van der Waals surface area contributed by atoms with Crippen molar-refractivity contribution >= 4 is 11.4 Å². The number of hydrogen-bond acceptors (Lipinski definition) is 4. The molecule has 3 saturated heterocycles. The molecule has 3 fully saturated rings. The highest BCUT2D eigenvalue weighted by molar-refractivity contribution is 5.92. The van der Waals surface area contributed by atoms with Crippen molar-refractivity contribution in [2.45, 2.75) is 18.9 Å². The van der Waals surface area contributed by atoms with Crippen LogP contribution >= 0.6 is 0 Å². The monoisotopic (exact) mass is 324 g/mol. The van der Waals surface area contributed by atoms with E-state index in [2.05, 4.69) is 27.0 Å². The molecule has 5 heterocycles. The summed E-state index contributed by atoms with van der Waals surface area (Å²) in [6.07, 6.45) is 5.72. The predicted molar refractivity (Wildman–Crippen MR) is 89.6 cm³/mol. The van der Waals surface area contributed by atoms with Gasteiger partial charge in [-0.25, -0.2) is 4.98 Å². The van der Waals surface area contributed by atoms with Gasteiger partial charge in [0, 0.05) is 18.8 Å². The van der Waals surface area contributed by atoms with E-state index in [0.717, 1.165) is 43.7 Å². The van der Waals surface area contributed by atoms with Crippen LogP contribution in [0, 0.1) is 17.8 Å². The molecule has 2 aromatic rings. The largest absolute Gasteiger partial charge is 0.384 e. The van der Waals surface area contributed by atoms with E-state index in [1.165, 1.54) is 0 Å². The maximum absolute atomic E-state index is 12.6. The number of nitrogens with one attached hydrogen (secondary N) is 1. The van der Waals surface area contributed by atoms with Crippen molar-refractivity contribution in [2.24, 2.45) is 5.92 Å². The lowest BCUT2D eigenvalue weighted by Gasteiger charge is -2.44. The van der Waals surface area contributed by atoms with E-state index in [1.807, 2.05) is 16.5 Å². The summed E-state index contributed by atoms with van der Waals surface area (Å²) >= 11 is 0. The fraction of sp³-hybridized carbons (Fsp3) is 0.444. The Morgan fingerprint density at radius 2 is 2.21 bits per heavy atom. The van der Waals surface area contributed by atoms with Crippen molar-refractivity contribution in [2.75, 3.05) is 26.2 Å². The van der Waals surface area contributed by atoms with Crippen LogP contribution < -0.4 is 5.32 Å². The van der Waals surface area contributed by atoms with E-state index in [4.69, 9.17) is 5.11 Å². The maximum Gasteiger partial charge on any atom is 0.271 e. The van der Waals surface area contributed by atoms with Gasteiger partial charge in [0.2, 0.25) is 0 Å². The van der Waals surface area contributed by atoms with Crippen LogP contribution in [0.1, 0.15) is 29.0 Å². The van der Waals surface area contributed by atoms with Crippen molar-refractivity contribution in [1.29, 1.82) is 0 Å². The molecule has 0 unspecified atom stereocenters. The third-order valence-corrected chi connectivity index (χ3v) is 5.04. The average Bonchev–Trinajstić information content (AvgIpc) is 3.03. The molecule has 124 valence electrons. The Kier molecular flexibility index (Phi) is 3.97. The quantitative estimate of drug-likeness (QED) is 0.790. The van der Waals surface area contributed by atoms with E-state index >= 15 is 0 Å². The minimum atomic E-state index is -0.189. The van der Waals surface area contributed by atoms with Crippen LogP contribution in [0.2, 0.25) is 0 Å². The van der Waals surface area contributed by atoms with Gasteiger partial charge in [-0.05, 0) is 49.9 Å². The number of hydrogen-bond donors (Lipinski definition) is 2. The van der Waals surface area contributed by atoms with Crippen molar-refractivity contribution in [3.63, 3.8) is 0 Å². The summed E-state index contributed by atoms with van der Waals surface area (Å²) in [4.78, 5) is 19.3. The van der Waals surface area contributed by atoms with Gasteiger partial charge in [-0.2, -0.15) is 0 Å². The Labute approximate surface area is 140 Å². The number of amides is 1. The molecule has 2 N–H and O–H groups in total. The summed E-state index contributed by atoms with van der Waals surface area (Å²) in [5.74, 6) is 5.97. The number of carbonyl (C=O) groups is 1. The van der Waals surface area contributed by atoms with Gasteiger partial charge >= 0.3 is 0 Å². The first kappa shape index (κ1) is 15.2. The Morgan fingerprint density at radius 3 is 2.92 bits per heavy atom. The molecule has 6 heteroatoms. The molecule has 6 nitrogen and oxygen atoms in total. The molecule has 24 heavy (non-hydrogen) atoms. The first-order valence-electron chi connectivity index (χ1n) is 8.34. The minimum Gasteiger partial charge on any atom is -0.384 e. The normalized spacial score (nSPS) is 25.3. The minimum absolute atomic E-state index is 0.134. The van der Waals surface area contributed by atoms with Crippen molar-refractivity contribution in [3.05, 3.63) is 35.9 Å². The fourth-order valence-electron chi connectivity index (χ4n) is 3.72. The molecule has 0 spiro atoms. The first-order chi connectivity index (χ1) is 11.7. The van der Waals surface area contributed by atoms with Gasteiger partial charge < -0.3 is 19.7 Å². The third kappa shape index (κ3) is 2.77. The lowest BCUT2D eigenvalue weighted by Crippen LogP contribution is -2.57. The summed E-state index contributed by atoms with van der Waals surface area (Å²) in [7, 11) is 0. The average molecular weight is 324 g/mol. The number of fused-ring (bicyclic) bond motifs is 4. The molecule has 1 amide bonds. The molecule has 3 aliphatic rings. The van der Waals surface area contributed by atoms with Gasteiger partial charge in [0.1, 0.15) is 12.3 Å². The van der Waals surface area contributed by atoms with Gasteiger partial charge in [0.15, 0.2) is 0 Å². The van der Waals surface area contributed by atoms with E-state index < -0.39 is 0 Å². The van der Waals surface area contributed by atoms with Gasteiger partial charge in [-0.1, -0.05) is 5.92 Å². The van der Waals surface area contributed by atoms with Gasteiger partial charge in [0.05, 0.1) is 17.4 Å². The summed E-state index contributed by atoms with van der Waals surface area (Å²) < 4.78 is 1.83. The SMILES string of the molecule is O=C(N[C@H]1CN2CCC1CC2)c1cn2c(C#CCO)ccc2cn1. The molecule has 3 aliphatic heterocycles. The number of aliphatic hydroxyl groups excluding tert-OH is 1. The van der Waals surface area contributed by atoms with Crippen LogP contribution in [0.5, 0.6) is 0 Å². The number of aliphatic hydroxyl groups is 1. The van der Waals surface area contributed by atoms with Gasteiger partial charge in [0.25, 0.3) is 5.91 Å². The Morgan fingerprint density at radius 1 is 1.38 bits per heavy atom. The smallest absolute Gasteiger partial charge is 0.271 e. The van der Waals surface area contributed by atoms with Crippen LogP contribution in [0.25, 0.3) is 5.52 Å². The predicted octanol–water partition coefficient (Wildman–Crippen LogP) is 0.502. The van der Waals surface area contributed by atoms with Crippen LogP contribution in [-0.2, 0) is 0 Å². The molecule has 2 aromatic heterocycles. The van der Waals surface area contributed by atoms with Crippen molar-refractivity contribution in [1.82, 2.24) is 19.6 Å². The van der Waals surface area contributed by atoms with Crippen LogP contribution in [0.4, 0.5) is 0 Å². The van der Waals surface area contributed by atoms with E-state index in [-0.39, 0.29) is 18.6 Å². The van der Waals surface area contributed by atoms with E-state index in [1.54, 1.807) is 12.4 Å². The Bertz CT molecular complexity index is 824. The summed E-state index contributed by atoms with van der Waals surface area (Å²) in [6.45, 7) is 3.05. The number of nitrogens with zero attached hydrogens (tertiary/aromatic N) is 3. The lowest BCUT2D eigenvalue weighted by molar-refractivity contribution is 0.0617. The van der Waals surface area contributed by atoms with Crippen molar-refractivity contribution in [3.8, 4) is 11.8 Å². The van der Waals surface area contributed by atoms with Crippen LogP contribution in [-0.4, -0.2) is 57.6 Å². The highest BCUT2D eigenvalue weighted by Crippen LogP contribution is 2.27. The molecule has 0 aliphatic carbocycles. The lowest BCUT2D eigenvalue weighted by atomic mass is 9.84. The molecule has 0 aromatic carbocycles. The molecule has 2 bridgehead atoms. The molecular formula is C18H20N4O2. The topological polar surface area (TPSA) is 69.9 Å². The maximum atomic E-state index is 12.6. The fourth-order valence-corrected chi connectivity index (χ4v) is 3.72. The molecule has 0 saturated carbocycles. The molecule has 0 radical (unpaired) electrons. The number of rotatable bonds is 2. The van der Waals surface area contributed by atoms with Gasteiger partial charge in [-0.3, -0.25) is 4.79 Å². The Hall–Kier alpha value is -2.36. The second kappa shape index (κ2) is 6.27. The van der Waals surface area contributed by atoms with Gasteiger partial charge in [-0.15, -0.1) is 0 Å². The van der Waals surface area contributed by atoms with E-state index in [9.17, 15) is 4.79 Å². The molecular weight excluding hydrogens is 304 g/mol. The zero-order valence-electron chi connectivity index (χ0n) is 13.4. The summed E-state index contributed by atoms with van der Waals surface area (Å²) in [5, 5.41) is 12.0. The third-order valence-electron chi connectivity index (χ3n) is 5.04. The number of aromatic nitrogens is 2. The highest BCUT2D eigenvalue weighted by Gasteiger charge is 2.35. The number of piperidine rings is 3. The zero-order chi connectivity index (χ0) is 16.5. The summed E-state index contributed by atoms with van der Waals surface area (Å²) in [5.41, 5.74) is 2.00. The second-order valence-electron chi connectivity index (χ2n) is 6.46. The highest BCUT2D eigenvalue weighted by atomic mass is 16.2.